The van der Waals surface area contributed by atoms with Gasteiger partial charge in [0.2, 0.25) is 21.7 Å². The predicted octanol–water partition coefficient (Wildman–Crippen LogP) is 3.02. The number of hydrogen-bond donors (Lipinski definition) is 1. The van der Waals surface area contributed by atoms with Crippen LogP contribution in [0.5, 0.6) is 0 Å². The summed E-state index contributed by atoms with van der Waals surface area (Å²) in [6.07, 6.45) is 0.339. The molecule has 0 spiro atoms. The molecule has 0 radical (unpaired) electrons. The van der Waals surface area contributed by atoms with Gasteiger partial charge in [-0.1, -0.05) is 58.7 Å². The zero-order valence-electron chi connectivity index (χ0n) is 14.8. The van der Waals surface area contributed by atoms with Crippen molar-refractivity contribution in [2.24, 2.45) is 0 Å². The summed E-state index contributed by atoms with van der Waals surface area (Å²) in [6.45, 7) is 4.14. The normalized spacial score (nSPS) is 11.6. The number of rotatable bonds is 7. The van der Waals surface area contributed by atoms with E-state index < -0.39 is 10.0 Å². The molecule has 1 aromatic heterocycles. The quantitative estimate of drug-likeness (QED) is 0.690. The minimum Gasteiger partial charge on any atom is -0.339 e. The Labute approximate surface area is 153 Å². The molecular formula is C19H21N3O3S. The van der Waals surface area contributed by atoms with Crippen LogP contribution < -0.4 is 4.72 Å². The Morgan fingerprint density at radius 2 is 1.77 bits per heavy atom. The SMILES string of the molecule is Cc1cccc(CS(=O)(=O)NCCc2nc(-c3cccc(C)c3)no2)c1. The fourth-order valence-electron chi connectivity index (χ4n) is 2.64. The summed E-state index contributed by atoms with van der Waals surface area (Å²) < 4.78 is 32.2. The van der Waals surface area contributed by atoms with Crippen molar-refractivity contribution in [1.29, 1.82) is 0 Å². The van der Waals surface area contributed by atoms with Crippen LogP contribution in [0.25, 0.3) is 11.4 Å². The molecule has 1 N–H and O–H groups in total. The van der Waals surface area contributed by atoms with Crippen LogP contribution in [0.4, 0.5) is 0 Å². The predicted molar refractivity (Wildman–Crippen MR) is 100.0 cm³/mol. The number of nitrogens with one attached hydrogen (secondary N) is 1. The molecular weight excluding hydrogens is 350 g/mol. The largest absolute Gasteiger partial charge is 0.339 e. The van der Waals surface area contributed by atoms with E-state index in [4.69, 9.17) is 4.52 Å². The van der Waals surface area contributed by atoms with Gasteiger partial charge < -0.3 is 4.52 Å². The lowest BCUT2D eigenvalue weighted by molar-refractivity contribution is 0.379. The molecule has 0 aliphatic carbocycles. The summed E-state index contributed by atoms with van der Waals surface area (Å²) in [7, 11) is -3.41. The fraction of sp³-hybridized carbons (Fsp3) is 0.263. The van der Waals surface area contributed by atoms with Crippen molar-refractivity contribution in [3.8, 4) is 11.4 Å². The van der Waals surface area contributed by atoms with Gasteiger partial charge in [-0.2, -0.15) is 4.98 Å². The molecule has 136 valence electrons. The molecule has 6 nitrogen and oxygen atoms in total. The van der Waals surface area contributed by atoms with Crippen molar-refractivity contribution in [2.75, 3.05) is 6.54 Å². The van der Waals surface area contributed by atoms with Gasteiger partial charge in [-0.05, 0) is 25.5 Å². The van der Waals surface area contributed by atoms with Crippen LogP contribution in [0.3, 0.4) is 0 Å². The van der Waals surface area contributed by atoms with Crippen LogP contribution in [-0.4, -0.2) is 25.1 Å². The molecule has 0 amide bonds. The molecule has 0 saturated carbocycles. The van der Waals surface area contributed by atoms with Crippen molar-refractivity contribution in [3.05, 3.63) is 71.1 Å². The molecule has 7 heteroatoms. The highest BCUT2D eigenvalue weighted by atomic mass is 32.2. The minimum atomic E-state index is -3.41. The van der Waals surface area contributed by atoms with Crippen LogP contribution in [0.2, 0.25) is 0 Å². The monoisotopic (exact) mass is 371 g/mol. The molecule has 2 aromatic carbocycles. The summed E-state index contributed by atoms with van der Waals surface area (Å²) in [5.74, 6) is 0.860. The summed E-state index contributed by atoms with van der Waals surface area (Å²) in [5, 5.41) is 3.96. The maximum absolute atomic E-state index is 12.2. The molecule has 0 bridgehead atoms. The first kappa shape index (κ1) is 18.3. The Bertz CT molecular complexity index is 997. The Morgan fingerprint density at radius 1 is 1.04 bits per heavy atom. The Kier molecular flexibility index (Phi) is 5.49. The van der Waals surface area contributed by atoms with Crippen LogP contribution >= 0.6 is 0 Å². The third kappa shape index (κ3) is 5.00. The summed E-state index contributed by atoms with van der Waals surface area (Å²) in [5.41, 5.74) is 3.78. The van der Waals surface area contributed by atoms with E-state index in [0.717, 1.165) is 22.3 Å². The lowest BCUT2D eigenvalue weighted by atomic mass is 10.1. The van der Waals surface area contributed by atoms with Gasteiger partial charge in [0.25, 0.3) is 0 Å². The van der Waals surface area contributed by atoms with Gasteiger partial charge in [0.1, 0.15) is 0 Å². The molecule has 26 heavy (non-hydrogen) atoms. The second kappa shape index (κ2) is 7.80. The molecule has 1 heterocycles. The van der Waals surface area contributed by atoms with Gasteiger partial charge in [-0.3, -0.25) is 0 Å². The second-order valence-corrected chi connectivity index (χ2v) is 8.08. The Hall–Kier alpha value is -2.51. The molecule has 0 aliphatic rings. The van der Waals surface area contributed by atoms with Gasteiger partial charge in [-0.15, -0.1) is 0 Å². The average Bonchev–Trinajstić information content (AvgIpc) is 3.03. The van der Waals surface area contributed by atoms with Crippen LogP contribution in [0.15, 0.2) is 53.1 Å². The van der Waals surface area contributed by atoms with Gasteiger partial charge in [0, 0.05) is 18.5 Å². The number of sulfonamides is 1. The highest BCUT2D eigenvalue weighted by molar-refractivity contribution is 7.88. The highest BCUT2D eigenvalue weighted by Gasteiger charge is 2.13. The van der Waals surface area contributed by atoms with E-state index in [2.05, 4.69) is 14.9 Å². The van der Waals surface area contributed by atoms with Crippen LogP contribution in [-0.2, 0) is 22.2 Å². The first-order valence-corrected chi connectivity index (χ1v) is 9.99. The number of benzene rings is 2. The topological polar surface area (TPSA) is 85.1 Å². The van der Waals surface area contributed by atoms with E-state index in [9.17, 15) is 8.42 Å². The standard InChI is InChI=1S/C19H21N3O3S/c1-14-5-3-7-16(11-14)13-26(23,24)20-10-9-18-21-19(22-25-18)17-8-4-6-15(2)12-17/h3-8,11-12,20H,9-10,13H2,1-2H3. The number of hydrogen-bond acceptors (Lipinski definition) is 5. The minimum absolute atomic E-state index is 0.0486. The van der Waals surface area contributed by atoms with Crippen molar-refractivity contribution < 1.29 is 12.9 Å². The summed E-state index contributed by atoms with van der Waals surface area (Å²) in [6, 6.07) is 15.3. The van der Waals surface area contributed by atoms with Crippen molar-refractivity contribution >= 4 is 10.0 Å². The molecule has 0 unspecified atom stereocenters. The van der Waals surface area contributed by atoms with Gasteiger partial charge in [0.15, 0.2) is 0 Å². The van der Waals surface area contributed by atoms with Crippen molar-refractivity contribution in [3.63, 3.8) is 0 Å². The Morgan fingerprint density at radius 3 is 2.50 bits per heavy atom. The number of nitrogens with zero attached hydrogens (tertiary/aromatic N) is 2. The zero-order valence-corrected chi connectivity index (χ0v) is 15.6. The molecule has 3 aromatic rings. The average molecular weight is 371 g/mol. The van der Waals surface area contributed by atoms with E-state index in [1.165, 1.54) is 0 Å². The lowest BCUT2D eigenvalue weighted by Gasteiger charge is -2.06. The van der Waals surface area contributed by atoms with E-state index >= 15 is 0 Å². The van der Waals surface area contributed by atoms with Crippen molar-refractivity contribution in [1.82, 2.24) is 14.9 Å². The van der Waals surface area contributed by atoms with Gasteiger partial charge in [-0.25, -0.2) is 13.1 Å². The lowest BCUT2D eigenvalue weighted by Crippen LogP contribution is -2.27. The van der Waals surface area contributed by atoms with Crippen molar-refractivity contribution in [2.45, 2.75) is 26.0 Å². The fourth-order valence-corrected chi connectivity index (χ4v) is 3.78. The highest BCUT2D eigenvalue weighted by Crippen LogP contribution is 2.17. The number of aryl methyl sites for hydroxylation is 2. The summed E-state index contributed by atoms with van der Waals surface area (Å²) >= 11 is 0. The van der Waals surface area contributed by atoms with Gasteiger partial charge in [0.05, 0.1) is 5.75 Å². The smallest absolute Gasteiger partial charge is 0.228 e. The maximum atomic E-state index is 12.2. The first-order chi connectivity index (χ1) is 12.4. The Balaban J connectivity index is 1.56. The van der Waals surface area contributed by atoms with E-state index in [0.29, 0.717) is 18.1 Å². The maximum Gasteiger partial charge on any atom is 0.228 e. The van der Waals surface area contributed by atoms with Crippen LogP contribution in [0.1, 0.15) is 22.6 Å². The van der Waals surface area contributed by atoms with E-state index in [1.807, 2.05) is 56.3 Å². The molecule has 0 fully saturated rings. The third-order valence-corrected chi connectivity index (χ3v) is 5.20. The molecule has 0 atom stereocenters. The number of aromatic nitrogens is 2. The second-order valence-electron chi connectivity index (χ2n) is 6.27. The first-order valence-electron chi connectivity index (χ1n) is 8.34. The molecule has 0 aliphatic heterocycles. The molecule has 0 saturated heterocycles. The van der Waals surface area contributed by atoms with E-state index in [-0.39, 0.29) is 12.3 Å². The van der Waals surface area contributed by atoms with Crippen LogP contribution in [0, 0.1) is 13.8 Å². The third-order valence-electron chi connectivity index (χ3n) is 3.84. The molecule has 3 rings (SSSR count). The van der Waals surface area contributed by atoms with Gasteiger partial charge >= 0.3 is 0 Å². The summed E-state index contributed by atoms with van der Waals surface area (Å²) in [4.78, 5) is 4.32. The van der Waals surface area contributed by atoms with E-state index in [1.54, 1.807) is 6.07 Å². The zero-order chi connectivity index (χ0) is 18.6.